The second-order valence-electron chi connectivity index (χ2n) is 2.83. The van der Waals surface area contributed by atoms with Crippen LogP contribution in [0, 0.1) is 0 Å². The zero-order valence-electron chi connectivity index (χ0n) is 8.09. The number of thioether (sulfide) groups is 1. The molecule has 0 aliphatic heterocycles. The number of anilines is 1. The van der Waals surface area contributed by atoms with E-state index in [4.69, 9.17) is 0 Å². The number of benzene rings is 1. The third-order valence-corrected chi connectivity index (χ3v) is 3.39. The maximum absolute atomic E-state index is 4.05. The Morgan fingerprint density at radius 3 is 2.87 bits per heavy atom. The Kier molecular flexibility index (Phi) is 3.99. The summed E-state index contributed by atoms with van der Waals surface area (Å²) in [4.78, 5) is 5.35. The largest absolute Gasteiger partial charge is 0.359 e. The third-order valence-electron chi connectivity index (χ3n) is 1.75. The highest BCUT2D eigenvalue weighted by atomic mass is 32.2. The van der Waals surface area contributed by atoms with E-state index in [1.807, 2.05) is 17.8 Å². The second-order valence-corrected chi connectivity index (χ2v) is 4.78. The maximum atomic E-state index is 4.05. The SMILES string of the molecule is c1ccc(SCCNc2ncns2)cc1. The summed E-state index contributed by atoms with van der Waals surface area (Å²) in [5.74, 6) is 1.03. The van der Waals surface area contributed by atoms with Gasteiger partial charge < -0.3 is 5.32 Å². The molecule has 2 aromatic rings. The predicted octanol–water partition coefficient (Wildman–Crippen LogP) is 2.74. The Morgan fingerprint density at radius 2 is 2.13 bits per heavy atom. The van der Waals surface area contributed by atoms with Gasteiger partial charge in [0.15, 0.2) is 0 Å². The van der Waals surface area contributed by atoms with Crippen molar-refractivity contribution in [2.24, 2.45) is 0 Å². The maximum Gasteiger partial charge on any atom is 0.202 e. The van der Waals surface area contributed by atoms with Gasteiger partial charge in [-0.05, 0) is 12.1 Å². The van der Waals surface area contributed by atoms with Crippen LogP contribution in [0.15, 0.2) is 41.6 Å². The van der Waals surface area contributed by atoms with E-state index in [-0.39, 0.29) is 0 Å². The number of hydrogen-bond donors (Lipinski definition) is 1. The minimum absolute atomic E-state index is 0.892. The molecule has 0 unspecified atom stereocenters. The smallest absolute Gasteiger partial charge is 0.202 e. The van der Waals surface area contributed by atoms with Crippen molar-refractivity contribution in [3.8, 4) is 0 Å². The van der Waals surface area contributed by atoms with E-state index < -0.39 is 0 Å². The molecule has 1 N–H and O–H groups in total. The Hall–Kier alpha value is -1.07. The summed E-state index contributed by atoms with van der Waals surface area (Å²) in [6.07, 6.45) is 1.57. The molecule has 0 saturated carbocycles. The fourth-order valence-electron chi connectivity index (χ4n) is 1.09. The van der Waals surface area contributed by atoms with Crippen molar-refractivity contribution in [3.63, 3.8) is 0 Å². The first-order valence-corrected chi connectivity index (χ1v) is 6.39. The van der Waals surface area contributed by atoms with Gasteiger partial charge in [-0.3, -0.25) is 0 Å². The number of rotatable bonds is 5. The summed E-state index contributed by atoms with van der Waals surface area (Å²) in [7, 11) is 0. The summed E-state index contributed by atoms with van der Waals surface area (Å²) in [5, 5.41) is 4.11. The van der Waals surface area contributed by atoms with Crippen LogP contribution < -0.4 is 5.32 Å². The summed E-state index contributed by atoms with van der Waals surface area (Å²) >= 11 is 3.22. The lowest BCUT2D eigenvalue weighted by molar-refractivity contribution is 1.19. The van der Waals surface area contributed by atoms with E-state index in [1.165, 1.54) is 16.4 Å². The minimum atomic E-state index is 0.892. The van der Waals surface area contributed by atoms with Gasteiger partial charge in [0.25, 0.3) is 0 Å². The molecule has 0 spiro atoms. The van der Waals surface area contributed by atoms with Gasteiger partial charge in [-0.1, -0.05) is 18.2 Å². The highest BCUT2D eigenvalue weighted by molar-refractivity contribution is 7.99. The molecule has 1 aromatic carbocycles. The molecule has 5 heteroatoms. The first-order valence-electron chi connectivity index (χ1n) is 4.63. The van der Waals surface area contributed by atoms with Gasteiger partial charge in [0.05, 0.1) is 0 Å². The molecule has 0 atom stereocenters. The van der Waals surface area contributed by atoms with E-state index >= 15 is 0 Å². The van der Waals surface area contributed by atoms with Crippen LogP contribution in [0.4, 0.5) is 5.13 Å². The fraction of sp³-hybridized carbons (Fsp3) is 0.200. The quantitative estimate of drug-likeness (QED) is 0.641. The highest BCUT2D eigenvalue weighted by Gasteiger charge is 1.95. The number of nitrogens with zero attached hydrogens (tertiary/aromatic N) is 2. The van der Waals surface area contributed by atoms with Crippen molar-refractivity contribution >= 4 is 28.4 Å². The van der Waals surface area contributed by atoms with Crippen molar-refractivity contribution in [3.05, 3.63) is 36.7 Å². The summed E-state index contributed by atoms with van der Waals surface area (Å²) in [5.41, 5.74) is 0. The first kappa shape index (κ1) is 10.4. The number of nitrogens with one attached hydrogen (secondary N) is 1. The molecule has 2 rings (SSSR count). The van der Waals surface area contributed by atoms with Crippen LogP contribution in [0.3, 0.4) is 0 Å². The van der Waals surface area contributed by atoms with Crippen LogP contribution >= 0.6 is 23.3 Å². The predicted molar refractivity (Wildman–Crippen MR) is 65.6 cm³/mol. The van der Waals surface area contributed by atoms with Gasteiger partial charge >= 0.3 is 0 Å². The van der Waals surface area contributed by atoms with Crippen LogP contribution in [-0.2, 0) is 0 Å². The third kappa shape index (κ3) is 3.53. The molecule has 15 heavy (non-hydrogen) atoms. The van der Waals surface area contributed by atoms with Crippen molar-refractivity contribution in [1.82, 2.24) is 9.36 Å². The molecule has 0 fully saturated rings. The standard InChI is InChI=1S/C10H11N3S2/c1-2-4-9(5-3-1)14-7-6-11-10-12-8-13-15-10/h1-5,8H,6-7H2,(H,11,12,13). The van der Waals surface area contributed by atoms with Gasteiger partial charge in [0.2, 0.25) is 5.13 Å². The zero-order valence-corrected chi connectivity index (χ0v) is 9.72. The Balaban J connectivity index is 1.68. The molecule has 0 aliphatic rings. The van der Waals surface area contributed by atoms with Gasteiger partial charge in [0.1, 0.15) is 6.33 Å². The topological polar surface area (TPSA) is 37.8 Å². The highest BCUT2D eigenvalue weighted by Crippen LogP contribution is 2.16. The molecule has 1 aromatic heterocycles. The van der Waals surface area contributed by atoms with Gasteiger partial charge in [-0.15, -0.1) is 11.8 Å². The van der Waals surface area contributed by atoms with E-state index in [0.29, 0.717) is 0 Å². The van der Waals surface area contributed by atoms with Crippen molar-refractivity contribution in [1.29, 1.82) is 0 Å². The van der Waals surface area contributed by atoms with Crippen LogP contribution in [0.5, 0.6) is 0 Å². The monoisotopic (exact) mass is 237 g/mol. The van der Waals surface area contributed by atoms with E-state index in [2.05, 4.69) is 38.9 Å². The van der Waals surface area contributed by atoms with E-state index in [0.717, 1.165) is 17.4 Å². The molecular formula is C10H11N3S2. The fourth-order valence-corrected chi connectivity index (χ4v) is 2.34. The summed E-state index contributed by atoms with van der Waals surface area (Å²) < 4.78 is 3.92. The molecule has 78 valence electrons. The molecular weight excluding hydrogens is 226 g/mol. The zero-order chi connectivity index (χ0) is 10.3. The van der Waals surface area contributed by atoms with Gasteiger partial charge in [-0.25, -0.2) is 4.98 Å². The van der Waals surface area contributed by atoms with Crippen molar-refractivity contribution in [2.45, 2.75) is 4.90 Å². The van der Waals surface area contributed by atoms with Crippen LogP contribution in [-0.4, -0.2) is 21.7 Å². The lowest BCUT2D eigenvalue weighted by Crippen LogP contribution is -2.03. The lowest BCUT2D eigenvalue weighted by Gasteiger charge is -2.01. The minimum Gasteiger partial charge on any atom is -0.359 e. The van der Waals surface area contributed by atoms with E-state index in [9.17, 15) is 0 Å². The van der Waals surface area contributed by atoms with Crippen LogP contribution in [0.1, 0.15) is 0 Å². The van der Waals surface area contributed by atoms with Crippen molar-refractivity contribution < 1.29 is 0 Å². The molecule has 0 bridgehead atoms. The number of hydrogen-bond acceptors (Lipinski definition) is 5. The Labute approximate surface area is 97.1 Å². The van der Waals surface area contributed by atoms with Crippen LogP contribution in [0.2, 0.25) is 0 Å². The van der Waals surface area contributed by atoms with Gasteiger partial charge in [0, 0.05) is 28.7 Å². The summed E-state index contributed by atoms with van der Waals surface area (Å²) in [6.45, 7) is 0.911. The Bertz CT molecular complexity index is 375. The molecule has 0 radical (unpaired) electrons. The van der Waals surface area contributed by atoms with Crippen LogP contribution in [0.25, 0.3) is 0 Å². The van der Waals surface area contributed by atoms with Crippen molar-refractivity contribution in [2.75, 3.05) is 17.6 Å². The molecule has 0 aliphatic carbocycles. The Morgan fingerprint density at radius 1 is 1.27 bits per heavy atom. The molecule has 1 heterocycles. The molecule has 0 amide bonds. The molecule has 0 saturated heterocycles. The average molecular weight is 237 g/mol. The average Bonchev–Trinajstić information content (AvgIpc) is 2.79. The first-order chi connectivity index (χ1) is 7.45. The number of aromatic nitrogens is 2. The summed E-state index contributed by atoms with van der Waals surface area (Å²) in [6, 6.07) is 10.4. The van der Waals surface area contributed by atoms with E-state index in [1.54, 1.807) is 6.33 Å². The molecule has 3 nitrogen and oxygen atoms in total. The second kappa shape index (κ2) is 5.72. The normalized spacial score (nSPS) is 10.1. The lowest BCUT2D eigenvalue weighted by atomic mass is 10.4. The van der Waals surface area contributed by atoms with Gasteiger partial charge in [-0.2, -0.15) is 4.37 Å².